The van der Waals surface area contributed by atoms with E-state index in [1.54, 1.807) is 31.2 Å². The largest absolute Gasteiger partial charge is 0.417 e. The van der Waals surface area contributed by atoms with Crippen molar-refractivity contribution < 1.29 is 18.8 Å². The first-order chi connectivity index (χ1) is 18.3. The van der Waals surface area contributed by atoms with Crippen LogP contribution in [-0.4, -0.2) is 43.7 Å². The van der Waals surface area contributed by atoms with Crippen molar-refractivity contribution in [1.29, 1.82) is 0 Å². The molecule has 3 saturated carbocycles. The topological polar surface area (TPSA) is 151 Å². The predicted octanol–water partition coefficient (Wildman–Crippen LogP) is 2.75. The summed E-state index contributed by atoms with van der Waals surface area (Å²) in [4.78, 5) is 56.8. The van der Waals surface area contributed by atoms with E-state index in [1.165, 1.54) is 16.8 Å². The Hall–Kier alpha value is -4.28. The Morgan fingerprint density at radius 3 is 2.53 bits per heavy atom. The van der Waals surface area contributed by atoms with E-state index in [0.717, 1.165) is 44.1 Å². The summed E-state index contributed by atoms with van der Waals surface area (Å²) in [6, 6.07) is 8.22. The summed E-state index contributed by atoms with van der Waals surface area (Å²) in [6.07, 6.45) is 6.94. The Bertz CT molecular complexity index is 1620. The first-order valence-corrected chi connectivity index (χ1v) is 12.8. The standard InChI is InChI=1S/C27H28N6O5/c1-16(34)27-8-5-26(6-9-27,7-10-27)15-29-24(36)20-13-19(31-22-4-11-30-33(20)22)23(35)28-14-17-2-3-21-18(12-17)32-25(37)38-21/h2-4,11-13H,5-10,14-15H2,1H3,(H,28,35)(H,29,36)(H,32,37). The van der Waals surface area contributed by atoms with Gasteiger partial charge >= 0.3 is 5.76 Å². The van der Waals surface area contributed by atoms with Crippen LogP contribution in [0.2, 0.25) is 0 Å². The first-order valence-electron chi connectivity index (χ1n) is 12.8. The van der Waals surface area contributed by atoms with Gasteiger partial charge in [-0.2, -0.15) is 5.10 Å². The zero-order valence-corrected chi connectivity index (χ0v) is 21.0. The number of fused-ring (bicyclic) bond motifs is 5. The molecule has 3 aliphatic carbocycles. The number of oxazole rings is 1. The van der Waals surface area contributed by atoms with Gasteiger partial charge in [0.05, 0.1) is 11.7 Å². The fourth-order valence-electron chi connectivity index (χ4n) is 5.99. The monoisotopic (exact) mass is 516 g/mol. The number of hydrogen-bond acceptors (Lipinski definition) is 7. The molecular formula is C27H28N6O5. The van der Waals surface area contributed by atoms with Crippen LogP contribution in [0.4, 0.5) is 0 Å². The molecule has 0 unspecified atom stereocenters. The number of benzene rings is 1. The van der Waals surface area contributed by atoms with Crippen molar-refractivity contribution in [3.8, 4) is 0 Å². The SMILES string of the molecule is CC(=O)C12CCC(CNC(=O)c3cc(C(=O)NCc4ccc5oc(=O)[nH]c5c4)nc4ccnn34)(CC1)CC2. The molecule has 0 spiro atoms. The molecule has 196 valence electrons. The number of Topliss-reactive ketones (excluding diaryl/α,β-unsaturated/α-hetero) is 1. The zero-order valence-electron chi connectivity index (χ0n) is 21.0. The van der Waals surface area contributed by atoms with E-state index in [0.29, 0.717) is 23.3 Å². The van der Waals surface area contributed by atoms with E-state index in [-0.39, 0.29) is 40.5 Å². The van der Waals surface area contributed by atoms with E-state index < -0.39 is 11.7 Å². The van der Waals surface area contributed by atoms with Crippen LogP contribution < -0.4 is 16.4 Å². The average Bonchev–Trinajstić information content (AvgIpc) is 3.56. The lowest BCUT2D eigenvalue weighted by molar-refractivity contribution is -0.135. The first kappa shape index (κ1) is 24.1. The summed E-state index contributed by atoms with van der Waals surface area (Å²) < 4.78 is 6.43. The molecule has 3 N–H and O–H groups in total. The summed E-state index contributed by atoms with van der Waals surface area (Å²) in [5.41, 5.74) is 2.30. The van der Waals surface area contributed by atoms with Gasteiger partial charge in [-0.3, -0.25) is 19.4 Å². The van der Waals surface area contributed by atoms with Gasteiger partial charge in [-0.05, 0) is 68.6 Å². The highest BCUT2D eigenvalue weighted by atomic mass is 16.4. The molecule has 0 atom stereocenters. The van der Waals surface area contributed by atoms with Crippen LogP contribution in [0.1, 0.15) is 72.0 Å². The van der Waals surface area contributed by atoms with Gasteiger partial charge in [0.1, 0.15) is 17.2 Å². The number of rotatable bonds is 7. The summed E-state index contributed by atoms with van der Waals surface area (Å²) in [6.45, 7) is 2.41. The van der Waals surface area contributed by atoms with Gasteiger partial charge in [-0.15, -0.1) is 0 Å². The Kier molecular flexibility index (Phi) is 5.66. The maximum atomic E-state index is 13.3. The smallest absolute Gasteiger partial charge is 0.408 e. The normalized spacial score (nSPS) is 22.6. The molecule has 0 radical (unpaired) electrons. The lowest BCUT2D eigenvalue weighted by Gasteiger charge is -2.52. The highest BCUT2D eigenvalue weighted by Gasteiger charge is 2.50. The van der Waals surface area contributed by atoms with Crippen LogP contribution in [0.25, 0.3) is 16.7 Å². The number of aromatic amines is 1. The van der Waals surface area contributed by atoms with Gasteiger partial charge in [0.15, 0.2) is 11.2 Å². The Labute approximate surface area is 217 Å². The van der Waals surface area contributed by atoms with E-state index in [4.69, 9.17) is 4.42 Å². The molecule has 0 saturated heterocycles. The highest BCUT2D eigenvalue weighted by molar-refractivity contribution is 5.98. The van der Waals surface area contributed by atoms with Gasteiger partial charge in [0, 0.05) is 30.6 Å². The number of amides is 2. The Morgan fingerprint density at radius 2 is 1.79 bits per heavy atom. The number of ketones is 1. The van der Waals surface area contributed by atoms with Crippen LogP contribution in [0.15, 0.2) is 45.7 Å². The van der Waals surface area contributed by atoms with Gasteiger partial charge < -0.3 is 15.1 Å². The molecule has 1 aromatic carbocycles. The van der Waals surface area contributed by atoms with Crippen molar-refractivity contribution in [3.63, 3.8) is 0 Å². The predicted molar refractivity (Wildman–Crippen MR) is 137 cm³/mol. The number of nitrogens with zero attached hydrogens (tertiary/aromatic N) is 3. The molecule has 7 rings (SSSR count). The van der Waals surface area contributed by atoms with Crippen LogP contribution in [0, 0.1) is 10.8 Å². The minimum absolute atomic E-state index is 0.00367. The number of aromatic nitrogens is 4. The molecule has 2 bridgehead atoms. The van der Waals surface area contributed by atoms with Crippen molar-refractivity contribution in [2.45, 2.75) is 52.0 Å². The molecule has 3 heterocycles. The zero-order chi connectivity index (χ0) is 26.5. The number of carbonyl (C=O) groups excluding carboxylic acids is 3. The minimum atomic E-state index is -0.541. The van der Waals surface area contributed by atoms with Crippen molar-refractivity contribution in [2.75, 3.05) is 6.54 Å². The third-order valence-corrected chi connectivity index (χ3v) is 8.53. The number of carbonyl (C=O) groups is 3. The maximum Gasteiger partial charge on any atom is 0.417 e. The van der Waals surface area contributed by atoms with Crippen LogP contribution >= 0.6 is 0 Å². The molecule has 3 fully saturated rings. The lowest BCUT2D eigenvalue weighted by atomic mass is 9.52. The fourth-order valence-corrected chi connectivity index (χ4v) is 5.99. The molecule has 2 amide bonds. The van der Waals surface area contributed by atoms with Crippen molar-refractivity contribution in [1.82, 2.24) is 30.2 Å². The van der Waals surface area contributed by atoms with Crippen molar-refractivity contribution >= 4 is 34.3 Å². The molecule has 4 aromatic rings. The van der Waals surface area contributed by atoms with Crippen molar-refractivity contribution in [2.24, 2.45) is 10.8 Å². The molecule has 3 aromatic heterocycles. The van der Waals surface area contributed by atoms with E-state index in [9.17, 15) is 19.2 Å². The quantitative estimate of drug-likeness (QED) is 0.342. The Balaban J connectivity index is 1.16. The molecular weight excluding hydrogens is 488 g/mol. The summed E-state index contributed by atoms with van der Waals surface area (Å²) in [5, 5.41) is 10.1. The Morgan fingerprint density at radius 1 is 1.03 bits per heavy atom. The number of nitrogens with one attached hydrogen (secondary N) is 3. The van der Waals surface area contributed by atoms with Gasteiger partial charge in [-0.25, -0.2) is 14.3 Å². The molecule has 11 nitrogen and oxygen atoms in total. The molecule has 38 heavy (non-hydrogen) atoms. The van der Waals surface area contributed by atoms with E-state index in [1.807, 2.05) is 0 Å². The van der Waals surface area contributed by atoms with Crippen LogP contribution in [0.5, 0.6) is 0 Å². The van der Waals surface area contributed by atoms with Gasteiger partial charge in [0.2, 0.25) is 0 Å². The lowest BCUT2D eigenvalue weighted by Crippen LogP contribution is -2.49. The second-order valence-electron chi connectivity index (χ2n) is 10.7. The van der Waals surface area contributed by atoms with Crippen molar-refractivity contribution in [3.05, 3.63) is 64.0 Å². The van der Waals surface area contributed by atoms with Gasteiger partial charge in [-0.1, -0.05) is 6.07 Å². The van der Waals surface area contributed by atoms with E-state index >= 15 is 0 Å². The molecule has 3 aliphatic rings. The molecule has 11 heteroatoms. The second-order valence-corrected chi connectivity index (χ2v) is 10.7. The summed E-state index contributed by atoms with van der Waals surface area (Å²) in [7, 11) is 0. The average molecular weight is 517 g/mol. The second kappa shape index (κ2) is 8.93. The minimum Gasteiger partial charge on any atom is -0.408 e. The van der Waals surface area contributed by atoms with Gasteiger partial charge in [0.25, 0.3) is 11.8 Å². The maximum absolute atomic E-state index is 13.3. The van der Waals surface area contributed by atoms with E-state index in [2.05, 4.69) is 25.7 Å². The number of hydrogen-bond donors (Lipinski definition) is 3. The van der Waals surface area contributed by atoms with Crippen LogP contribution in [-0.2, 0) is 11.3 Å². The third-order valence-electron chi connectivity index (χ3n) is 8.53. The summed E-state index contributed by atoms with van der Waals surface area (Å²) >= 11 is 0. The molecule has 0 aliphatic heterocycles. The summed E-state index contributed by atoms with van der Waals surface area (Å²) in [5.74, 6) is -1.02. The highest BCUT2D eigenvalue weighted by Crippen LogP contribution is 2.56. The van der Waals surface area contributed by atoms with Crippen LogP contribution in [0.3, 0.4) is 0 Å². The third kappa shape index (κ3) is 4.17. The number of H-pyrrole nitrogens is 1. The fraction of sp³-hybridized carbons (Fsp3) is 0.407.